The second-order valence-electron chi connectivity index (χ2n) is 14.5. The normalized spacial score (nSPS) is 11.6. The highest BCUT2D eigenvalue weighted by Crippen LogP contribution is 2.50. The number of hydrogen-bond donors (Lipinski definition) is 0. The largest absolute Gasteiger partial charge is 0.456 e. The van der Waals surface area contributed by atoms with Crippen molar-refractivity contribution in [3.8, 4) is 33.4 Å². The molecule has 0 N–H and O–H groups in total. The van der Waals surface area contributed by atoms with Gasteiger partial charge in [0.2, 0.25) is 0 Å². The molecular formula is C54H35NO. The summed E-state index contributed by atoms with van der Waals surface area (Å²) in [5.74, 6) is 0. The van der Waals surface area contributed by atoms with E-state index in [0.717, 1.165) is 50.1 Å². The van der Waals surface area contributed by atoms with Crippen molar-refractivity contribution in [1.29, 1.82) is 0 Å². The van der Waals surface area contributed by atoms with Crippen molar-refractivity contribution >= 4 is 71.3 Å². The van der Waals surface area contributed by atoms with E-state index < -0.39 is 0 Å². The Morgan fingerprint density at radius 2 is 0.929 bits per heavy atom. The first kappa shape index (κ1) is 32.0. The molecule has 11 aromatic rings. The molecule has 0 unspecified atom stereocenters. The van der Waals surface area contributed by atoms with Crippen LogP contribution in [0.15, 0.2) is 217 Å². The summed E-state index contributed by atoms with van der Waals surface area (Å²) in [4.78, 5) is 2.48. The molecule has 11 rings (SSSR count). The van der Waals surface area contributed by atoms with Gasteiger partial charge in [0.15, 0.2) is 0 Å². The van der Waals surface area contributed by atoms with E-state index in [2.05, 4.69) is 211 Å². The van der Waals surface area contributed by atoms with Gasteiger partial charge in [0.25, 0.3) is 0 Å². The number of nitrogens with zero attached hydrogens (tertiary/aromatic N) is 1. The summed E-state index contributed by atoms with van der Waals surface area (Å²) in [6, 6.07) is 76.8. The fraction of sp³-hybridized carbons (Fsp3) is 0. The number of fused-ring (bicyclic) bond motifs is 6. The average molecular weight is 714 g/mol. The van der Waals surface area contributed by atoms with Gasteiger partial charge in [0.1, 0.15) is 11.2 Å². The first-order valence-electron chi connectivity index (χ1n) is 19.2. The Bertz CT molecular complexity index is 3260. The van der Waals surface area contributed by atoms with E-state index in [0.29, 0.717) is 0 Å². The van der Waals surface area contributed by atoms with Crippen LogP contribution in [0.4, 0.5) is 17.1 Å². The van der Waals surface area contributed by atoms with Crippen LogP contribution in [0.1, 0.15) is 0 Å². The van der Waals surface area contributed by atoms with Crippen molar-refractivity contribution in [3.63, 3.8) is 0 Å². The maximum absolute atomic E-state index is 6.38. The highest BCUT2D eigenvalue weighted by atomic mass is 16.3. The highest BCUT2D eigenvalue weighted by Gasteiger charge is 2.24. The van der Waals surface area contributed by atoms with Crippen LogP contribution in [0.25, 0.3) is 87.6 Å². The number of furan rings is 1. The molecule has 0 atom stereocenters. The van der Waals surface area contributed by atoms with Crippen molar-refractivity contribution in [1.82, 2.24) is 0 Å². The van der Waals surface area contributed by atoms with Gasteiger partial charge in [-0.05, 0) is 103 Å². The number of anilines is 3. The van der Waals surface area contributed by atoms with E-state index in [4.69, 9.17) is 4.42 Å². The third-order valence-corrected chi connectivity index (χ3v) is 11.2. The molecular weight excluding hydrogens is 679 g/mol. The zero-order valence-electron chi connectivity index (χ0n) is 30.6. The topological polar surface area (TPSA) is 16.4 Å². The number of rotatable bonds is 6. The monoisotopic (exact) mass is 713 g/mol. The van der Waals surface area contributed by atoms with E-state index in [9.17, 15) is 0 Å². The lowest BCUT2D eigenvalue weighted by Gasteiger charge is -2.31. The predicted molar refractivity (Wildman–Crippen MR) is 237 cm³/mol. The van der Waals surface area contributed by atoms with Gasteiger partial charge in [-0.3, -0.25) is 0 Å². The molecule has 0 spiro atoms. The Balaban J connectivity index is 1.26. The molecule has 1 aromatic heterocycles. The van der Waals surface area contributed by atoms with Crippen LogP contribution < -0.4 is 4.90 Å². The van der Waals surface area contributed by atoms with Crippen molar-refractivity contribution in [2.75, 3.05) is 4.90 Å². The molecule has 2 nitrogen and oxygen atoms in total. The zero-order valence-corrected chi connectivity index (χ0v) is 30.6. The first-order valence-corrected chi connectivity index (χ1v) is 19.2. The van der Waals surface area contributed by atoms with Gasteiger partial charge in [-0.25, -0.2) is 0 Å². The maximum atomic E-state index is 6.38. The molecule has 0 amide bonds. The Morgan fingerprint density at radius 1 is 0.304 bits per heavy atom. The summed E-state index contributed by atoms with van der Waals surface area (Å²) in [6.07, 6.45) is 0. The third kappa shape index (κ3) is 5.34. The van der Waals surface area contributed by atoms with Crippen molar-refractivity contribution < 1.29 is 4.42 Å². The van der Waals surface area contributed by atoms with Crippen LogP contribution in [0, 0.1) is 0 Å². The molecule has 0 fully saturated rings. The minimum absolute atomic E-state index is 0.872. The third-order valence-electron chi connectivity index (χ3n) is 11.2. The van der Waals surface area contributed by atoms with Gasteiger partial charge in [0, 0.05) is 27.6 Å². The molecule has 0 aliphatic carbocycles. The van der Waals surface area contributed by atoms with Gasteiger partial charge in [-0.1, -0.05) is 164 Å². The molecule has 0 saturated heterocycles. The van der Waals surface area contributed by atoms with Gasteiger partial charge in [-0.2, -0.15) is 0 Å². The summed E-state index contributed by atoms with van der Waals surface area (Å²) >= 11 is 0. The fourth-order valence-corrected chi connectivity index (χ4v) is 8.56. The minimum Gasteiger partial charge on any atom is -0.456 e. The zero-order chi connectivity index (χ0) is 37.0. The highest BCUT2D eigenvalue weighted by molar-refractivity contribution is 6.13. The number of benzene rings is 10. The lowest BCUT2D eigenvalue weighted by molar-refractivity contribution is 0.669. The van der Waals surface area contributed by atoms with Crippen LogP contribution in [0.5, 0.6) is 0 Å². The molecule has 0 saturated carbocycles. The van der Waals surface area contributed by atoms with Crippen LogP contribution in [0.3, 0.4) is 0 Å². The van der Waals surface area contributed by atoms with Crippen LogP contribution >= 0.6 is 0 Å². The van der Waals surface area contributed by atoms with Gasteiger partial charge < -0.3 is 9.32 Å². The number of hydrogen-bond acceptors (Lipinski definition) is 2. The van der Waals surface area contributed by atoms with Crippen LogP contribution in [0.2, 0.25) is 0 Å². The van der Waals surface area contributed by atoms with E-state index >= 15 is 0 Å². The maximum Gasteiger partial charge on any atom is 0.135 e. The molecule has 0 aliphatic heterocycles. The van der Waals surface area contributed by atoms with Gasteiger partial charge >= 0.3 is 0 Å². The Labute approximate surface area is 325 Å². The summed E-state index contributed by atoms with van der Waals surface area (Å²) in [7, 11) is 0. The molecule has 0 aliphatic rings. The van der Waals surface area contributed by atoms with Crippen molar-refractivity contribution in [3.05, 3.63) is 212 Å². The molecule has 1 heterocycles. The molecule has 10 aromatic carbocycles. The Morgan fingerprint density at radius 3 is 1.79 bits per heavy atom. The van der Waals surface area contributed by atoms with E-state index in [1.165, 1.54) is 54.6 Å². The standard InChI is InChI=1S/C54H35NO/c1-2-13-36(14-3-1)41-28-30-50(48(34-41)42-26-25-37-15-4-5-18-40(37)33-42)55(43-29-32-53-49(35-43)46-22-10-11-24-52(46)56-53)51-31-27-39-17-7-9-21-45(39)54(51)47-23-12-19-38-16-6-8-20-44(38)47/h1-35H. The summed E-state index contributed by atoms with van der Waals surface area (Å²) in [5.41, 5.74) is 12.0. The summed E-state index contributed by atoms with van der Waals surface area (Å²) in [5, 5.41) is 9.46. The van der Waals surface area contributed by atoms with E-state index in [-0.39, 0.29) is 0 Å². The lowest BCUT2D eigenvalue weighted by Crippen LogP contribution is -2.13. The molecule has 262 valence electrons. The lowest BCUT2D eigenvalue weighted by atomic mass is 9.90. The van der Waals surface area contributed by atoms with E-state index in [1.807, 2.05) is 6.07 Å². The predicted octanol–water partition coefficient (Wildman–Crippen LogP) is 15.5. The van der Waals surface area contributed by atoms with E-state index in [1.54, 1.807) is 0 Å². The average Bonchev–Trinajstić information content (AvgIpc) is 3.64. The van der Waals surface area contributed by atoms with Gasteiger partial charge in [0.05, 0.1) is 11.4 Å². The Hall–Kier alpha value is -7.42. The van der Waals surface area contributed by atoms with Gasteiger partial charge in [-0.15, -0.1) is 0 Å². The minimum atomic E-state index is 0.872. The van der Waals surface area contributed by atoms with Crippen LogP contribution in [-0.4, -0.2) is 0 Å². The summed E-state index contributed by atoms with van der Waals surface area (Å²) in [6.45, 7) is 0. The number of para-hydroxylation sites is 1. The first-order chi connectivity index (χ1) is 27.8. The quantitative estimate of drug-likeness (QED) is 0.171. The second kappa shape index (κ2) is 13.2. The smallest absolute Gasteiger partial charge is 0.135 e. The van der Waals surface area contributed by atoms with Crippen molar-refractivity contribution in [2.45, 2.75) is 0 Å². The second-order valence-corrected chi connectivity index (χ2v) is 14.5. The Kier molecular flexibility index (Phi) is 7.53. The van der Waals surface area contributed by atoms with Crippen LogP contribution in [-0.2, 0) is 0 Å². The summed E-state index contributed by atoms with van der Waals surface area (Å²) < 4.78 is 6.38. The SMILES string of the molecule is c1ccc(-c2ccc(N(c3ccc4oc5ccccc5c4c3)c3ccc4ccccc4c3-c3cccc4ccccc34)c(-c3ccc4ccccc4c3)c2)cc1. The molecule has 56 heavy (non-hydrogen) atoms. The molecule has 2 heteroatoms. The van der Waals surface area contributed by atoms with Crippen molar-refractivity contribution in [2.24, 2.45) is 0 Å². The molecule has 0 radical (unpaired) electrons. The molecule has 0 bridgehead atoms. The fourth-order valence-electron chi connectivity index (χ4n) is 8.56.